The first-order valence-corrected chi connectivity index (χ1v) is 10.5. The molecule has 0 spiro atoms. The van der Waals surface area contributed by atoms with Crippen LogP contribution in [0.2, 0.25) is 0 Å². The summed E-state index contributed by atoms with van der Waals surface area (Å²) in [5, 5.41) is 6.34. The van der Waals surface area contributed by atoms with E-state index >= 15 is 0 Å². The maximum absolute atomic E-state index is 13.4. The summed E-state index contributed by atoms with van der Waals surface area (Å²) >= 11 is 0. The summed E-state index contributed by atoms with van der Waals surface area (Å²) in [6.07, 6.45) is 6.71. The summed E-state index contributed by atoms with van der Waals surface area (Å²) in [5.41, 5.74) is 2.83. The van der Waals surface area contributed by atoms with Crippen molar-refractivity contribution in [1.82, 2.24) is 9.91 Å². The Morgan fingerprint density at radius 2 is 1.76 bits per heavy atom. The summed E-state index contributed by atoms with van der Waals surface area (Å²) in [6, 6.07) is 16.7. The van der Waals surface area contributed by atoms with Crippen molar-refractivity contribution in [2.45, 2.75) is 50.6 Å². The molecule has 152 valence electrons. The van der Waals surface area contributed by atoms with Crippen LogP contribution in [0, 0.1) is 5.82 Å². The summed E-state index contributed by atoms with van der Waals surface area (Å²) in [4.78, 5) is 15.4. The van der Waals surface area contributed by atoms with Crippen LogP contribution >= 0.6 is 0 Å². The van der Waals surface area contributed by atoms with Crippen LogP contribution in [0.4, 0.5) is 4.39 Å². The van der Waals surface area contributed by atoms with Crippen LogP contribution in [0.5, 0.6) is 0 Å². The monoisotopic (exact) mass is 393 g/mol. The molecule has 2 aromatic rings. The summed E-state index contributed by atoms with van der Waals surface area (Å²) in [6.45, 7) is 0.355. The van der Waals surface area contributed by atoms with Gasteiger partial charge in [-0.25, -0.2) is 9.40 Å². The number of hydrazone groups is 1. The van der Waals surface area contributed by atoms with Gasteiger partial charge >= 0.3 is 0 Å². The van der Waals surface area contributed by atoms with E-state index in [1.165, 1.54) is 31.4 Å². The fourth-order valence-electron chi connectivity index (χ4n) is 4.43. The van der Waals surface area contributed by atoms with E-state index in [0.717, 1.165) is 29.7 Å². The minimum absolute atomic E-state index is 0.00155. The van der Waals surface area contributed by atoms with Gasteiger partial charge in [0.2, 0.25) is 0 Å². The first-order chi connectivity index (χ1) is 14.1. The fourth-order valence-corrected chi connectivity index (χ4v) is 4.43. The number of likely N-dealkylation sites (N-methyl/N-ethyl adjacent to an activating group) is 1. The van der Waals surface area contributed by atoms with Crippen molar-refractivity contribution in [3.63, 3.8) is 0 Å². The lowest BCUT2D eigenvalue weighted by Gasteiger charge is -2.32. The van der Waals surface area contributed by atoms with Crippen LogP contribution in [0.15, 0.2) is 59.7 Å². The van der Waals surface area contributed by atoms with Gasteiger partial charge in [0, 0.05) is 12.5 Å². The zero-order valence-electron chi connectivity index (χ0n) is 16.9. The van der Waals surface area contributed by atoms with Gasteiger partial charge in [0.25, 0.3) is 5.91 Å². The third-order valence-electron chi connectivity index (χ3n) is 6.11. The standard InChI is InChI=1S/C24H28FN3O/c1-27(21-10-6-3-7-11-21)17-24(29)28-23(19-12-14-20(25)15-13-19)16-22(26-28)18-8-4-2-5-9-18/h2,4-5,8-9,12-15,21,23H,3,6-7,10-11,16-17H2,1H3. The van der Waals surface area contributed by atoms with Gasteiger partial charge in [0.05, 0.1) is 18.3 Å². The third-order valence-corrected chi connectivity index (χ3v) is 6.11. The first-order valence-electron chi connectivity index (χ1n) is 10.5. The van der Waals surface area contributed by atoms with Gasteiger partial charge in [0.15, 0.2) is 0 Å². The van der Waals surface area contributed by atoms with Gasteiger partial charge in [-0.15, -0.1) is 0 Å². The molecule has 2 aliphatic rings. The van der Waals surface area contributed by atoms with Crippen molar-refractivity contribution in [1.29, 1.82) is 0 Å². The largest absolute Gasteiger partial charge is 0.295 e. The first kappa shape index (κ1) is 19.8. The number of benzene rings is 2. The van der Waals surface area contributed by atoms with Gasteiger partial charge < -0.3 is 0 Å². The molecule has 0 bridgehead atoms. The van der Waals surface area contributed by atoms with E-state index in [-0.39, 0.29) is 17.8 Å². The molecule has 1 fully saturated rings. The smallest absolute Gasteiger partial charge is 0.257 e. The number of halogens is 1. The molecule has 1 atom stereocenters. The average Bonchev–Trinajstić information content (AvgIpc) is 3.21. The SMILES string of the molecule is CN(CC(=O)N1N=C(c2ccccc2)CC1c1ccc(F)cc1)C1CCCCC1. The zero-order valence-corrected chi connectivity index (χ0v) is 16.9. The van der Waals surface area contributed by atoms with E-state index in [4.69, 9.17) is 5.10 Å². The van der Waals surface area contributed by atoms with E-state index in [9.17, 15) is 9.18 Å². The van der Waals surface area contributed by atoms with Crippen LogP contribution < -0.4 is 0 Å². The Labute approximate surface area is 172 Å². The lowest BCUT2D eigenvalue weighted by molar-refractivity contribution is -0.134. The highest BCUT2D eigenvalue weighted by Gasteiger charge is 2.34. The molecule has 0 saturated heterocycles. The number of rotatable bonds is 5. The number of hydrogen-bond acceptors (Lipinski definition) is 3. The molecule has 0 aromatic heterocycles. The highest BCUT2D eigenvalue weighted by Crippen LogP contribution is 2.33. The second-order valence-corrected chi connectivity index (χ2v) is 8.13. The molecule has 0 radical (unpaired) electrons. The Morgan fingerprint density at radius 1 is 1.07 bits per heavy atom. The summed E-state index contributed by atoms with van der Waals surface area (Å²) in [5.74, 6) is -0.274. The maximum atomic E-state index is 13.4. The zero-order chi connectivity index (χ0) is 20.2. The van der Waals surface area contributed by atoms with Crippen molar-refractivity contribution < 1.29 is 9.18 Å². The predicted molar refractivity (Wildman–Crippen MR) is 113 cm³/mol. The van der Waals surface area contributed by atoms with Gasteiger partial charge in [-0.3, -0.25) is 9.69 Å². The Bertz CT molecular complexity index is 859. The number of nitrogens with zero attached hydrogens (tertiary/aromatic N) is 3. The van der Waals surface area contributed by atoms with Crippen molar-refractivity contribution >= 4 is 11.6 Å². The lowest BCUT2D eigenvalue weighted by atomic mass is 9.94. The van der Waals surface area contributed by atoms with E-state index < -0.39 is 0 Å². The minimum Gasteiger partial charge on any atom is -0.295 e. The van der Waals surface area contributed by atoms with Crippen LogP contribution in [0.1, 0.15) is 55.7 Å². The Kier molecular flexibility index (Phi) is 6.05. The molecule has 0 N–H and O–H groups in total. The van der Waals surface area contributed by atoms with Gasteiger partial charge in [-0.2, -0.15) is 5.10 Å². The topological polar surface area (TPSA) is 35.9 Å². The maximum Gasteiger partial charge on any atom is 0.257 e. The second-order valence-electron chi connectivity index (χ2n) is 8.13. The normalized spacial score (nSPS) is 20.2. The summed E-state index contributed by atoms with van der Waals surface area (Å²) < 4.78 is 13.4. The molecule has 1 amide bonds. The average molecular weight is 394 g/mol. The van der Waals surface area contributed by atoms with Crippen LogP contribution in [0.25, 0.3) is 0 Å². The highest BCUT2D eigenvalue weighted by atomic mass is 19.1. The predicted octanol–water partition coefficient (Wildman–Crippen LogP) is 4.77. The molecule has 4 rings (SSSR count). The third kappa shape index (κ3) is 4.56. The molecule has 5 heteroatoms. The van der Waals surface area contributed by atoms with Crippen molar-refractivity contribution in [3.05, 3.63) is 71.5 Å². The number of carbonyl (C=O) groups is 1. The van der Waals surface area contributed by atoms with Crippen molar-refractivity contribution in [2.75, 3.05) is 13.6 Å². The Balaban J connectivity index is 1.56. The molecule has 1 heterocycles. The molecular weight excluding hydrogens is 365 g/mol. The van der Waals surface area contributed by atoms with Crippen molar-refractivity contribution in [3.8, 4) is 0 Å². The molecule has 29 heavy (non-hydrogen) atoms. The molecule has 1 saturated carbocycles. The Morgan fingerprint density at radius 3 is 2.45 bits per heavy atom. The Hall–Kier alpha value is -2.53. The van der Waals surface area contributed by atoms with Gasteiger partial charge in [0.1, 0.15) is 5.82 Å². The van der Waals surface area contributed by atoms with E-state index in [1.54, 1.807) is 17.1 Å². The van der Waals surface area contributed by atoms with Crippen LogP contribution in [-0.2, 0) is 4.79 Å². The number of amides is 1. The summed E-state index contributed by atoms with van der Waals surface area (Å²) in [7, 11) is 2.04. The van der Waals surface area contributed by atoms with E-state index in [1.807, 2.05) is 37.4 Å². The fraction of sp³-hybridized carbons (Fsp3) is 0.417. The number of hydrogen-bond donors (Lipinski definition) is 0. The quantitative estimate of drug-likeness (QED) is 0.734. The molecular formula is C24H28FN3O. The molecule has 2 aromatic carbocycles. The van der Waals surface area contributed by atoms with E-state index in [2.05, 4.69) is 4.90 Å². The van der Waals surface area contributed by atoms with Crippen LogP contribution in [0.3, 0.4) is 0 Å². The highest BCUT2D eigenvalue weighted by molar-refractivity contribution is 6.03. The molecule has 1 unspecified atom stereocenters. The van der Waals surface area contributed by atoms with Gasteiger partial charge in [-0.1, -0.05) is 61.7 Å². The van der Waals surface area contributed by atoms with Crippen LogP contribution in [-0.4, -0.2) is 41.2 Å². The lowest BCUT2D eigenvalue weighted by Crippen LogP contribution is -2.41. The molecule has 4 nitrogen and oxygen atoms in total. The van der Waals surface area contributed by atoms with E-state index in [0.29, 0.717) is 19.0 Å². The molecule has 1 aliphatic carbocycles. The number of carbonyl (C=O) groups excluding carboxylic acids is 1. The van der Waals surface area contributed by atoms with Gasteiger partial charge in [-0.05, 0) is 43.1 Å². The van der Waals surface area contributed by atoms with Crippen molar-refractivity contribution in [2.24, 2.45) is 5.10 Å². The second kappa shape index (κ2) is 8.87. The minimum atomic E-state index is -0.272. The molecule has 1 aliphatic heterocycles.